The van der Waals surface area contributed by atoms with Crippen LogP contribution in [0.3, 0.4) is 0 Å². The molecule has 2 atom stereocenters. The van der Waals surface area contributed by atoms with E-state index in [9.17, 15) is 0 Å². The molecule has 11 heavy (non-hydrogen) atoms. The molecule has 2 N–H and O–H groups in total. The maximum Gasteiger partial charge on any atom is 0.146 e. The monoisotopic (exact) mass is 150 g/mol. The molecule has 0 radical (unpaired) electrons. The molecule has 1 fully saturated rings. The van der Waals surface area contributed by atoms with Crippen molar-refractivity contribution in [3.8, 4) is 0 Å². The molecule has 4 heteroatoms. The van der Waals surface area contributed by atoms with Gasteiger partial charge in [-0.3, -0.25) is 0 Å². The average Bonchev–Trinajstić information content (AvgIpc) is 2.55. The minimum atomic E-state index is 0.520. The summed E-state index contributed by atoms with van der Waals surface area (Å²) in [5.41, 5.74) is 5.50. The number of hydrogen-bond donors (Lipinski definition) is 1. The summed E-state index contributed by atoms with van der Waals surface area (Å²) in [6.07, 6.45) is 1.32. The van der Waals surface area contributed by atoms with Crippen LogP contribution in [0.4, 0.5) is 0 Å². The normalized spacial score (nSPS) is 31.7. The Morgan fingerprint density at radius 3 is 3.27 bits per heavy atom. The number of nitrogens with two attached hydrogens (primary N) is 1. The van der Waals surface area contributed by atoms with Gasteiger partial charge in [0.15, 0.2) is 0 Å². The molecule has 4 nitrogen and oxygen atoms in total. The molecule has 0 amide bonds. The second-order valence-electron chi connectivity index (χ2n) is 3.39. The molecule has 0 unspecified atom stereocenters. The summed E-state index contributed by atoms with van der Waals surface area (Å²) in [7, 11) is 0. The Hall–Kier alpha value is -0.900. The van der Waals surface area contributed by atoms with E-state index in [1.165, 1.54) is 12.2 Å². The maximum atomic E-state index is 5.50. The smallest absolute Gasteiger partial charge is 0.146 e. The van der Waals surface area contributed by atoms with Crippen LogP contribution in [0.5, 0.6) is 0 Å². The maximum absolute atomic E-state index is 5.50. The molecule has 0 spiro atoms. The van der Waals surface area contributed by atoms with Gasteiger partial charge < -0.3 is 10.3 Å². The highest BCUT2D eigenvalue weighted by atomic mass is 15.3. The van der Waals surface area contributed by atoms with Gasteiger partial charge in [-0.15, -0.1) is 10.2 Å². The van der Waals surface area contributed by atoms with Crippen molar-refractivity contribution >= 4 is 0 Å². The van der Waals surface area contributed by atoms with E-state index in [1.807, 2.05) is 0 Å². The molecular formula is C7H10N4. The van der Waals surface area contributed by atoms with Gasteiger partial charge in [0.25, 0.3) is 0 Å². The van der Waals surface area contributed by atoms with Crippen LogP contribution in [0.1, 0.15) is 24.0 Å². The van der Waals surface area contributed by atoms with Crippen LogP contribution in [0.15, 0.2) is 0 Å². The van der Waals surface area contributed by atoms with Crippen LogP contribution in [0.25, 0.3) is 0 Å². The molecule has 1 saturated carbocycles. The van der Waals surface area contributed by atoms with Crippen LogP contribution in [-0.2, 0) is 13.1 Å². The molecule has 2 aliphatic rings. The van der Waals surface area contributed by atoms with Crippen molar-refractivity contribution in [2.24, 2.45) is 11.7 Å². The van der Waals surface area contributed by atoms with Crippen molar-refractivity contribution in [2.45, 2.75) is 25.4 Å². The van der Waals surface area contributed by atoms with Gasteiger partial charge in [-0.2, -0.15) is 0 Å². The van der Waals surface area contributed by atoms with E-state index in [2.05, 4.69) is 14.8 Å². The lowest BCUT2D eigenvalue weighted by molar-refractivity contribution is 0.630. The quantitative estimate of drug-likeness (QED) is 0.606. The van der Waals surface area contributed by atoms with E-state index < -0.39 is 0 Å². The third-order valence-electron chi connectivity index (χ3n) is 2.71. The van der Waals surface area contributed by atoms with Crippen molar-refractivity contribution in [3.63, 3.8) is 0 Å². The molecule has 0 bridgehead atoms. The van der Waals surface area contributed by atoms with Gasteiger partial charge in [-0.05, 0) is 12.3 Å². The molecule has 3 rings (SSSR count). The molecule has 58 valence electrons. The molecule has 1 aromatic heterocycles. The van der Waals surface area contributed by atoms with Gasteiger partial charge in [0, 0.05) is 12.5 Å². The zero-order valence-electron chi connectivity index (χ0n) is 6.20. The molecule has 1 aliphatic carbocycles. The standard InChI is InChI=1S/C7H10N4/c8-2-6-9-10-7-5-1-4(5)3-11(6)7/h4-5H,1-3,8H2/t4-,5-/m0/s1. The number of rotatable bonds is 1. The Morgan fingerprint density at radius 2 is 2.45 bits per heavy atom. The Labute approximate surface area is 64.4 Å². The summed E-state index contributed by atoms with van der Waals surface area (Å²) < 4.78 is 2.18. The lowest BCUT2D eigenvalue weighted by atomic mass is 10.4. The molecule has 1 aliphatic heterocycles. The summed E-state index contributed by atoms with van der Waals surface area (Å²) in [4.78, 5) is 0. The van der Waals surface area contributed by atoms with E-state index in [4.69, 9.17) is 5.73 Å². The third kappa shape index (κ3) is 0.581. The minimum absolute atomic E-state index is 0.520. The SMILES string of the molecule is NCc1nnc2n1C[C@@H]1C[C@H]21. The number of aromatic nitrogens is 3. The number of hydrogen-bond acceptors (Lipinski definition) is 3. The second kappa shape index (κ2) is 1.64. The number of fused-ring (bicyclic) bond motifs is 3. The van der Waals surface area contributed by atoms with Crippen LogP contribution in [0, 0.1) is 5.92 Å². The largest absolute Gasteiger partial charge is 0.324 e. The molecule has 2 heterocycles. The highest BCUT2D eigenvalue weighted by Gasteiger charge is 2.48. The predicted octanol–water partition coefficient (Wildman–Crippen LogP) is -0.146. The topological polar surface area (TPSA) is 56.7 Å². The van der Waals surface area contributed by atoms with E-state index in [-0.39, 0.29) is 0 Å². The predicted molar refractivity (Wildman–Crippen MR) is 38.8 cm³/mol. The summed E-state index contributed by atoms with van der Waals surface area (Å²) in [5, 5.41) is 8.14. The van der Waals surface area contributed by atoms with Crippen LogP contribution in [-0.4, -0.2) is 14.8 Å². The lowest BCUT2D eigenvalue weighted by Gasteiger charge is -2.00. The van der Waals surface area contributed by atoms with Gasteiger partial charge in [-0.1, -0.05) is 0 Å². The fourth-order valence-electron chi connectivity index (χ4n) is 1.97. The van der Waals surface area contributed by atoms with E-state index in [0.29, 0.717) is 6.54 Å². The summed E-state index contributed by atoms with van der Waals surface area (Å²) in [6.45, 7) is 1.63. The van der Waals surface area contributed by atoms with Gasteiger partial charge in [0.2, 0.25) is 0 Å². The highest BCUT2D eigenvalue weighted by molar-refractivity contribution is 5.18. The summed E-state index contributed by atoms with van der Waals surface area (Å²) in [6, 6.07) is 0. The molecule has 1 aromatic rings. The summed E-state index contributed by atoms with van der Waals surface area (Å²) in [5.74, 6) is 3.72. The minimum Gasteiger partial charge on any atom is -0.324 e. The van der Waals surface area contributed by atoms with Crippen molar-refractivity contribution in [1.82, 2.24) is 14.8 Å². The third-order valence-corrected chi connectivity index (χ3v) is 2.71. The highest BCUT2D eigenvalue weighted by Crippen LogP contribution is 2.52. The fraction of sp³-hybridized carbons (Fsp3) is 0.714. The Morgan fingerprint density at radius 1 is 1.55 bits per heavy atom. The van der Waals surface area contributed by atoms with Crippen molar-refractivity contribution < 1.29 is 0 Å². The fourth-order valence-corrected chi connectivity index (χ4v) is 1.97. The molecule has 0 saturated heterocycles. The van der Waals surface area contributed by atoms with E-state index >= 15 is 0 Å². The van der Waals surface area contributed by atoms with Gasteiger partial charge in [0.05, 0.1) is 6.54 Å². The number of nitrogens with zero attached hydrogens (tertiary/aromatic N) is 3. The first-order valence-corrected chi connectivity index (χ1v) is 4.02. The summed E-state index contributed by atoms with van der Waals surface area (Å²) >= 11 is 0. The second-order valence-corrected chi connectivity index (χ2v) is 3.39. The molecular weight excluding hydrogens is 140 g/mol. The Bertz CT molecular complexity index is 303. The first-order valence-electron chi connectivity index (χ1n) is 4.02. The van der Waals surface area contributed by atoms with Crippen molar-refractivity contribution in [3.05, 3.63) is 11.6 Å². The van der Waals surface area contributed by atoms with Crippen LogP contribution >= 0.6 is 0 Å². The Kier molecular flexibility index (Phi) is 0.850. The zero-order chi connectivity index (χ0) is 7.42. The van der Waals surface area contributed by atoms with E-state index in [1.54, 1.807) is 0 Å². The zero-order valence-corrected chi connectivity index (χ0v) is 6.20. The molecule has 0 aromatic carbocycles. The lowest BCUT2D eigenvalue weighted by Crippen LogP contribution is -2.08. The van der Waals surface area contributed by atoms with Crippen LogP contribution in [0.2, 0.25) is 0 Å². The first-order chi connectivity index (χ1) is 5.40. The van der Waals surface area contributed by atoms with Crippen molar-refractivity contribution in [2.75, 3.05) is 0 Å². The average molecular weight is 150 g/mol. The first kappa shape index (κ1) is 5.71. The van der Waals surface area contributed by atoms with Gasteiger partial charge in [-0.25, -0.2) is 0 Å². The van der Waals surface area contributed by atoms with Gasteiger partial charge in [0.1, 0.15) is 11.6 Å². The Balaban J connectivity index is 2.12. The van der Waals surface area contributed by atoms with Gasteiger partial charge >= 0.3 is 0 Å². The van der Waals surface area contributed by atoms with Crippen molar-refractivity contribution in [1.29, 1.82) is 0 Å². The van der Waals surface area contributed by atoms with E-state index in [0.717, 1.165) is 24.2 Å². The van der Waals surface area contributed by atoms with Crippen LogP contribution < -0.4 is 5.73 Å².